The largest absolute Gasteiger partial charge is 0.522 e. The minimum atomic E-state index is -4.89. The van der Waals surface area contributed by atoms with Crippen LogP contribution in [0.4, 0.5) is 64.3 Å². The first kappa shape index (κ1) is 68.1. The molecule has 2 saturated heterocycles. The van der Waals surface area contributed by atoms with E-state index < -0.39 is 130 Å². The van der Waals surface area contributed by atoms with Crippen LogP contribution >= 0.6 is 0 Å². The summed E-state index contributed by atoms with van der Waals surface area (Å²) in [5, 5.41) is 25.0. The van der Waals surface area contributed by atoms with Crippen molar-refractivity contribution in [1.29, 1.82) is 0 Å². The Hall–Kier alpha value is -7.38. The second kappa shape index (κ2) is 28.0. The summed E-state index contributed by atoms with van der Waals surface area (Å²) in [5.74, 6) is -1.75. The zero-order chi connectivity index (χ0) is 64.6. The van der Waals surface area contributed by atoms with Crippen LogP contribution in [-0.2, 0) is 41.5 Å². The number of benzene rings is 4. The van der Waals surface area contributed by atoms with Crippen LogP contribution in [0.15, 0.2) is 144 Å². The quantitative estimate of drug-likeness (QED) is 0.0523. The van der Waals surface area contributed by atoms with Crippen molar-refractivity contribution in [2.24, 2.45) is 0 Å². The molecule has 2 aliphatic heterocycles. The molecule has 476 valence electrons. The van der Waals surface area contributed by atoms with Gasteiger partial charge < -0.3 is 30.6 Å². The van der Waals surface area contributed by atoms with Crippen molar-refractivity contribution < 1.29 is 98.8 Å². The Morgan fingerprint density at radius 2 is 0.852 bits per heavy atom. The first-order valence-corrected chi connectivity index (χ1v) is 30.2. The van der Waals surface area contributed by atoms with Gasteiger partial charge in [-0.3, -0.25) is 19.1 Å². The number of carbonyl (C=O) groups is 2. The van der Waals surface area contributed by atoms with E-state index in [1.165, 1.54) is 123 Å². The number of halogens is 12. The number of sulfone groups is 2. The summed E-state index contributed by atoms with van der Waals surface area (Å²) in [7, 11) is -6.87. The Morgan fingerprint density at radius 1 is 0.523 bits per heavy atom. The van der Waals surface area contributed by atoms with Gasteiger partial charge in [-0.1, -0.05) is 62.4 Å². The molecule has 6 atom stereocenters. The Balaban J connectivity index is 0.000000251. The van der Waals surface area contributed by atoms with Gasteiger partial charge in [0.15, 0.2) is 19.7 Å². The lowest BCUT2D eigenvalue weighted by Gasteiger charge is -2.26. The monoisotopic (exact) mass is 1290 g/mol. The van der Waals surface area contributed by atoms with Crippen LogP contribution in [0.2, 0.25) is 0 Å². The Labute approximate surface area is 497 Å². The highest BCUT2D eigenvalue weighted by Crippen LogP contribution is 2.40. The van der Waals surface area contributed by atoms with E-state index in [0.717, 1.165) is 24.3 Å². The lowest BCUT2D eigenvalue weighted by atomic mass is 9.95. The fourth-order valence-electron chi connectivity index (χ4n) is 9.94. The van der Waals surface area contributed by atoms with Crippen molar-refractivity contribution in [2.75, 3.05) is 60.8 Å². The van der Waals surface area contributed by atoms with Crippen molar-refractivity contribution in [3.63, 3.8) is 0 Å². The molecule has 2 fully saturated rings. The van der Waals surface area contributed by atoms with Crippen LogP contribution < -0.4 is 20.4 Å². The number of hydrogen-bond donors (Lipinski definition) is 4. The van der Waals surface area contributed by atoms with E-state index in [-0.39, 0.29) is 70.0 Å². The van der Waals surface area contributed by atoms with Crippen molar-refractivity contribution in [1.82, 2.24) is 20.6 Å². The van der Waals surface area contributed by atoms with E-state index in [1.807, 2.05) is 0 Å². The molecule has 0 bridgehead atoms. The lowest BCUT2D eigenvalue weighted by molar-refractivity contribution is -0.326. The molecule has 8 rings (SSSR count). The summed E-state index contributed by atoms with van der Waals surface area (Å²) < 4.78 is 211. The summed E-state index contributed by atoms with van der Waals surface area (Å²) in [6, 6.07) is 22.6. The van der Waals surface area contributed by atoms with Crippen LogP contribution in [0.25, 0.3) is 0 Å². The number of alkyl halides is 12. The molecule has 0 unspecified atom stereocenters. The molecular formula is C58H58F12N6O10S2. The maximum atomic E-state index is 13.0. The van der Waals surface area contributed by atoms with Gasteiger partial charge in [-0.15, -0.1) is 26.3 Å². The average molecular weight is 1290 g/mol. The standard InChI is InChI=1S/2C29H29F6N3O5S/c2*1-2-44(41,42)24-10-5-19(6-11-24)25(16-39)37-27(40)20-7-12-26(36-14-20)38-15-21(13-23(38)17-43-29(33,34)35)18-3-8-22(9-4-18)28(30,31)32/h2*3-12,14,21,23,25,39H,2,13,15-17H2,1H3,(H,37,40)/t21-,23+,25+;21-,23-,25-/m10/s1. The Morgan fingerprint density at radius 3 is 1.11 bits per heavy atom. The molecule has 2 amide bonds. The van der Waals surface area contributed by atoms with Crippen LogP contribution in [0.5, 0.6) is 0 Å². The van der Waals surface area contributed by atoms with Crippen LogP contribution in [0, 0.1) is 0 Å². The first-order chi connectivity index (χ1) is 41.2. The fraction of sp³-hybridized carbons (Fsp3) is 0.379. The third kappa shape index (κ3) is 17.9. The van der Waals surface area contributed by atoms with Gasteiger partial charge in [-0.2, -0.15) is 26.3 Å². The summed E-state index contributed by atoms with van der Waals surface area (Å²) in [6.45, 7) is 0.864. The van der Waals surface area contributed by atoms with Gasteiger partial charge in [0, 0.05) is 37.3 Å². The third-order valence-corrected chi connectivity index (χ3v) is 18.3. The summed E-state index contributed by atoms with van der Waals surface area (Å²) >= 11 is 0. The number of aliphatic hydroxyl groups excluding tert-OH is 2. The van der Waals surface area contributed by atoms with Crippen LogP contribution in [0.3, 0.4) is 0 Å². The number of rotatable bonds is 20. The third-order valence-electron chi connectivity index (χ3n) is 14.8. The van der Waals surface area contributed by atoms with Crippen molar-refractivity contribution in [2.45, 2.75) is 97.6 Å². The number of ether oxygens (including phenoxy) is 2. The minimum Gasteiger partial charge on any atom is -0.394 e. The van der Waals surface area contributed by atoms with Gasteiger partial charge in [0.05, 0.1) is 94.1 Å². The van der Waals surface area contributed by atoms with Gasteiger partial charge in [0.25, 0.3) is 11.8 Å². The summed E-state index contributed by atoms with van der Waals surface area (Å²) in [5.41, 5.74) is 0.436. The molecule has 30 heteroatoms. The highest BCUT2D eigenvalue weighted by Gasteiger charge is 2.41. The number of carbonyl (C=O) groups excluding carboxylic acids is 2. The lowest BCUT2D eigenvalue weighted by Crippen LogP contribution is -2.36. The van der Waals surface area contributed by atoms with Gasteiger partial charge in [0.1, 0.15) is 11.6 Å². The number of nitrogens with zero attached hydrogens (tertiary/aromatic N) is 4. The molecule has 0 spiro atoms. The van der Waals surface area contributed by atoms with Gasteiger partial charge in [-0.25, -0.2) is 26.8 Å². The number of amides is 2. The smallest absolute Gasteiger partial charge is 0.394 e. The molecule has 0 aliphatic carbocycles. The van der Waals surface area contributed by atoms with Crippen molar-refractivity contribution in [3.05, 3.63) is 178 Å². The second-order valence-electron chi connectivity index (χ2n) is 20.4. The summed E-state index contributed by atoms with van der Waals surface area (Å²) in [6.07, 6.45) is -16.1. The SMILES string of the molecule is CCS(=O)(=O)c1ccc([C@H](CO)NC(=O)c2ccc(N3C[C@@H](c4ccc(C(F)(F)F)cc4)C[C@H]3COC(F)(F)F)nc2)cc1.CCS(=O)(=O)c1ccc([C@H](CO)NC(=O)c2ccc(N3C[C@H](c4ccc(C(F)(F)F)cc4)C[C@H]3COC(F)(F)F)nc2)cc1. The highest BCUT2D eigenvalue weighted by molar-refractivity contribution is 7.91. The normalized spacial score (nSPS) is 18.3. The topological polar surface area (TPSA) is 218 Å². The number of nitrogens with one attached hydrogen (secondary N) is 2. The minimum absolute atomic E-state index is 0.0824. The highest BCUT2D eigenvalue weighted by atomic mass is 32.2. The zero-order valence-corrected chi connectivity index (χ0v) is 48.2. The van der Waals surface area contributed by atoms with E-state index in [4.69, 9.17) is 0 Å². The number of aliphatic hydroxyl groups is 2. The second-order valence-corrected chi connectivity index (χ2v) is 25.0. The number of aromatic nitrogens is 2. The molecule has 6 aromatic rings. The zero-order valence-electron chi connectivity index (χ0n) is 46.5. The van der Waals surface area contributed by atoms with Gasteiger partial charge in [-0.05, 0) is 108 Å². The average Bonchev–Trinajstić information content (AvgIpc) is 2.03. The number of hydrogen-bond acceptors (Lipinski definition) is 14. The predicted molar refractivity (Wildman–Crippen MR) is 295 cm³/mol. The van der Waals surface area contributed by atoms with Crippen molar-refractivity contribution >= 4 is 43.1 Å². The molecule has 4 N–H and O–H groups in total. The molecule has 88 heavy (non-hydrogen) atoms. The maximum absolute atomic E-state index is 13.0. The van der Waals surface area contributed by atoms with Crippen LogP contribution in [-0.4, -0.2) is 125 Å². The van der Waals surface area contributed by atoms with E-state index in [2.05, 4.69) is 30.1 Å². The molecule has 16 nitrogen and oxygen atoms in total. The Kier molecular flexibility index (Phi) is 21.7. The fourth-order valence-corrected chi connectivity index (χ4v) is 11.7. The molecule has 2 aromatic heterocycles. The van der Waals surface area contributed by atoms with Gasteiger partial charge in [0.2, 0.25) is 0 Å². The molecule has 0 saturated carbocycles. The first-order valence-electron chi connectivity index (χ1n) is 26.9. The number of anilines is 2. The van der Waals surface area contributed by atoms with Gasteiger partial charge >= 0.3 is 25.1 Å². The van der Waals surface area contributed by atoms with E-state index in [0.29, 0.717) is 22.3 Å². The molecule has 2 aliphatic rings. The molecule has 0 radical (unpaired) electrons. The molecule has 4 heterocycles. The van der Waals surface area contributed by atoms with E-state index >= 15 is 0 Å². The maximum Gasteiger partial charge on any atom is 0.522 e. The predicted octanol–water partition coefficient (Wildman–Crippen LogP) is 10.5. The molecule has 4 aromatic carbocycles. The van der Waals surface area contributed by atoms with Crippen LogP contribution in [0.1, 0.15) is 105 Å². The molecular weight excluding hydrogens is 1230 g/mol. The Bertz CT molecular complexity index is 3290. The van der Waals surface area contributed by atoms with E-state index in [1.54, 1.807) is 9.80 Å². The summed E-state index contributed by atoms with van der Waals surface area (Å²) in [4.78, 5) is 37.6. The van der Waals surface area contributed by atoms with E-state index in [9.17, 15) is 89.3 Å². The number of pyridine rings is 2. The van der Waals surface area contributed by atoms with Crippen molar-refractivity contribution in [3.8, 4) is 0 Å².